The van der Waals surface area contributed by atoms with Gasteiger partial charge in [-0.3, -0.25) is 0 Å². The van der Waals surface area contributed by atoms with Gasteiger partial charge in [-0.25, -0.2) is 0 Å². The minimum absolute atomic E-state index is 0.306. The van der Waals surface area contributed by atoms with Crippen LogP contribution in [-0.4, -0.2) is 11.4 Å². The fourth-order valence-electron chi connectivity index (χ4n) is 3.23. The number of rotatable bonds is 5. The van der Waals surface area contributed by atoms with E-state index in [1.165, 1.54) is 43.2 Å². The maximum atomic E-state index is 8.99. The standard InChI is InChI=1S/C18H25NO/c1-2-3-10-16-11-7-12-17(18(16)14-19-20)13-15-8-5-4-6-9-15/h4-6,8-9,13-14,16,18,20H,2-3,7,10-12H2,1H3/b17-13+,19-14?. The highest BCUT2D eigenvalue weighted by Crippen LogP contribution is 2.37. The second-order valence-corrected chi connectivity index (χ2v) is 5.71. The molecule has 0 aromatic heterocycles. The molecule has 2 rings (SSSR count). The van der Waals surface area contributed by atoms with Crippen LogP contribution in [0.5, 0.6) is 0 Å². The fourth-order valence-corrected chi connectivity index (χ4v) is 3.23. The zero-order valence-electron chi connectivity index (χ0n) is 12.3. The maximum absolute atomic E-state index is 8.99. The van der Waals surface area contributed by atoms with E-state index in [0.29, 0.717) is 11.8 Å². The van der Waals surface area contributed by atoms with E-state index >= 15 is 0 Å². The zero-order valence-corrected chi connectivity index (χ0v) is 12.3. The quantitative estimate of drug-likeness (QED) is 0.449. The molecule has 1 aliphatic rings. The van der Waals surface area contributed by atoms with E-state index in [1.54, 1.807) is 6.21 Å². The van der Waals surface area contributed by atoms with Gasteiger partial charge in [-0.1, -0.05) is 61.7 Å². The van der Waals surface area contributed by atoms with E-state index in [2.05, 4.69) is 42.4 Å². The summed E-state index contributed by atoms with van der Waals surface area (Å²) < 4.78 is 0. The SMILES string of the molecule is CCCCC1CCC/C(=C\c2ccccc2)C1C=NO. The molecule has 1 aromatic carbocycles. The Labute approximate surface area is 122 Å². The van der Waals surface area contributed by atoms with Gasteiger partial charge in [0.05, 0.1) is 6.21 Å². The lowest BCUT2D eigenvalue weighted by molar-refractivity contribution is 0.302. The molecule has 0 radical (unpaired) electrons. The van der Waals surface area contributed by atoms with E-state index in [4.69, 9.17) is 5.21 Å². The van der Waals surface area contributed by atoms with Crippen LogP contribution in [-0.2, 0) is 0 Å². The topological polar surface area (TPSA) is 32.6 Å². The molecule has 2 atom stereocenters. The number of oxime groups is 1. The number of unbranched alkanes of at least 4 members (excludes halogenated alkanes) is 1. The third-order valence-electron chi connectivity index (χ3n) is 4.28. The van der Waals surface area contributed by atoms with Crippen molar-refractivity contribution in [1.82, 2.24) is 0 Å². The molecule has 0 saturated heterocycles. The van der Waals surface area contributed by atoms with Crippen molar-refractivity contribution in [2.75, 3.05) is 0 Å². The van der Waals surface area contributed by atoms with Crippen molar-refractivity contribution in [3.05, 3.63) is 41.5 Å². The molecule has 1 aromatic rings. The van der Waals surface area contributed by atoms with Crippen molar-refractivity contribution in [3.63, 3.8) is 0 Å². The smallest absolute Gasteiger partial charge is 0.0510 e. The monoisotopic (exact) mass is 271 g/mol. The molecule has 2 heteroatoms. The molecule has 1 N–H and O–H groups in total. The van der Waals surface area contributed by atoms with Crippen LogP contribution in [0.1, 0.15) is 51.0 Å². The third kappa shape index (κ3) is 3.96. The Hall–Kier alpha value is -1.57. The zero-order chi connectivity index (χ0) is 14.2. The van der Waals surface area contributed by atoms with Crippen molar-refractivity contribution >= 4 is 12.3 Å². The van der Waals surface area contributed by atoms with E-state index in [0.717, 1.165) is 6.42 Å². The second kappa shape index (κ2) is 7.88. The van der Waals surface area contributed by atoms with Crippen molar-refractivity contribution in [2.45, 2.75) is 45.4 Å². The molecule has 1 fully saturated rings. The van der Waals surface area contributed by atoms with Gasteiger partial charge in [-0.2, -0.15) is 0 Å². The number of nitrogens with zero attached hydrogens (tertiary/aromatic N) is 1. The molecule has 0 spiro atoms. The lowest BCUT2D eigenvalue weighted by Crippen LogP contribution is -2.23. The first-order valence-electron chi connectivity index (χ1n) is 7.78. The summed E-state index contributed by atoms with van der Waals surface area (Å²) in [6.45, 7) is 2.23. The van der Waals surface area contributed by atoms with E-state index in [1.807, 2.05) is 6.07 Å². The van der Waals surface area contributed by atoms with Crippen molar-refractivity contribution in [2.24, 2.45) is 17.0 Å². The van der Waals surface area contributed by atoms with Gasteiger partial charge in [0.1, 0.15) is 0 Å². The molecule has 0 amide bonds. The molecule has 2 nitrogen and oxygen atoms in total. The highest BCUT2D eigenvalue weighted by atomic mass is 16.4. The Morgan fingerprint density at radius 2 is 2.10 bits per heavy atom. The fraction of sp³-hybridized carbons (Fsp3) is 0.500. The predicted molar refractivity (Wildman–Crippen MR) is 85.1 cm³/mol. The summed E-state index contributed by atoms with van der Waals surface area (Å²) in [5, 5.41) is 12.3. The first-order valence-corrected chi connectivity index (χ1v) is 7.78. The Kier molecular flexibility index (Phi) is 5.85. The molecule has 20 heavy (non-hydrogen) atoms. The van der Waals surface area contributed by atoms with Gasteiger partial charge in [0.15, 0.2) is 0 Å². The molecular formula is C18H25NO. The average Bonchev–Trinajstić information content (AvgIpc) is 2.49. The molecule has 1 saturated carbocycles. The van der Waals surface area contributed by atoms with Gasteiger partial charge < -0.3 is 5.21 Å². The van der Waals surface area contributed by atoms with E-state index < -0.39 is 0 Å². The molecule has 2 unspecified atom stereocenters. The summed E-state index contributed by atoms with van der Waals surface area (Å²) in [5.74, 6) is 0.940. The van der Waals surface area contributed by atoms with Crippen LogP contribution in [0.15, 0.2) is 41.1 Å². The van der Waals surface area contributed by atoms with E-state index in [9.17, 15) is 0 Å². The number of hydrogen-bond donors (Lipinski definition) is 1. The van der Waals surface area contributed by atoms with E-state index in [-0.39, 0.29) is 0 Å². The summed E-state index contributed by atoms with van der Waals surface area (Å²) >= 11 is 0. The lowest BCUT2D eigenvalue weighted by Gasteiger charge is -2.31. The Bertz CT molecular complexity index is 450. The second-order valence-electron chi connectivity index (χ2n) is 5.71. The first kappa shape index (κ1) is 14.8. The number of benzene rings is 1. The van der Waals surface area contributed by atoms with Gasteiger partial charge in [-0.15, -0.1) is 5.16 Å². The summed E-state index contributed by atoms with van der Waals surface area (Å²) in [6.07, 6.45) is 11.4. The van der Waals surface area contributed by atoms with Gasteiger partial charge in [0.2, 0.25) is 0 Å². The first-order chi connectivity index (χ1) is 9.85. The van der Waals surface area contributed by atoms with Gasteiger partial charge >= 0.3 is 0 Å². The molecule has 0 bridgehead atoms. The molecule has 0 heterocycles. The molecule has 1 aliphatic carbocycles. The number of allylic oxidation sites excluding steroid dienone is 1. The summed E-state index contributed by atoms with van der Waals surface area (Å²) in [7, 11) is 0. The Morgan fingerprint density at radius 1 is 1.30 bits per heavy atom. The lowest BCUT2D eigenvalue weighted by atomic mass is 9.73. The Balaban J connectivity index is 2.19. The minimum Gasteiger partial charge on any atom is -0.411 e. The highest BCUT2D eigenvalue weighted by molar-refractivity contribution is 5.69. The molecule has 0 aliphatic heterocycles. The largest absolute Gasteiger partial charge is 0.411 e. The third-order valence-corrected chi connectivity index (χ3v) is 4.28. The number of hydrogen-bond acceptors (Lipinski definition) is 2. The van der Waals surface area contributed by atoms with Gasteiger partial charge in [0, 0.05) is 5.92 Å². The predicted octanol–water partition coefficient (Wildman–Crippen LogP) is 5.14. The van der Waals surface area contributed by atoms with Crippen LogP contribution in [0.2, 0.25) is 0 Å². The minimum atomic E-state index is 0.306. The normalized spacial score (nSPS) is 25.4. The average molecular weight is 271 g/mol. The van der Waals surface area contributed by atoms with Crippen LogP contribution < -0.4 is 0 Å². The van der Waals surface area contributed by atoms with Crippen molar-refractivity contribution in [1.29, 1.82) is 0 Å². The molecule has 108 valence electrons. The Morgan fingerprint density at radius 3 is 2.80 bits per heavy atom. The summed E-state index contributed by atoms with van der Waals surface area (Å²) in [4.78, 5) is 0. The summed E-state index contributed by atoms with van der Waals surface area (Å²) in [5.41, 5.74) is 2.66. The summed E-state index contributed by atoms with van der Waals surface area (Å²) in [6, 6.07) is 10.4. The highest BCUT2D eigenvalue weighted by Gasteiger charge is 2.27. The van der Waals surface area contributed by atoms with Crippen LogP contribution in [0.3, 0.4) is 0 Å². The van der Waals surface area contributed by atoms with Crippen molar-refractivity contribution < 1.29 is 5.21 Å². The van der Waals surface area contributed by atoms with Crippen LogP contribution in [0.4, 0.5) is 0 Å². The maximum Gasteiger partial charge on any atom is 0.0510 e. The van der Waals surface area contributed by atoms with Gasteiger partial charge in [-0.05, 0) is 37.2 Å². The molecular weight excluding hydrogens is 246 g/mol. The van der Waals surface area contributed by atoms with Gasteiger partial charge in [0.25, 0.3) is 0 Å². The van der Waals surface area contributed by atoms with Crippen LogP contribution >= 0.6 is 0 Å². The van der Waals surface area contributed by atoms with Crippen LogP contribution in [0, 0.1) is 11.8 Å². The van der Waals surface area contributed by atoms with Crippen molar-refractivity contribution in [3.8, 4) is 0 Å². The van der Waals surface area contributed by atoms with Crippen LogP contribution in [0.25, 0.3) is 6.08 Å².